The fourth-order valence-electron chi connectivity index (χ4n) is 7.06. The van der Waals surface area contributed by atoms with Gasteiger partial charge in [-0.1, -0.05) is 12.5 Å². The fourth-order valence-corrected chi connectivity index (χ4v) is 7.06. The minimum absolute atomic E-state index is 0.167. The SMILES string of the molecule is CC[C@]12CCC3C4CCC(=O)C=C4CCC3C1CC[C@]2(C)O. The Bertz CT molecular complexity index is 518. The van der Waals surface area contributed by atoms with Gasteiger partial charge in [0.15, 0.2) is 5.78 Å². The van der Waals surface area contributed by atoms with Crippen LogP contribution in [0.3, 0.4) is 0 Å². The molecule has 3 fully saturated rings. The molecule has 6 atom stereocenters. The van der Waals surface area contributed by atoms with Gasteiger partial charge in [-0.05, 0) is 88.0 Å². The molecule has 0 aliphatic heterocycles. The quantitative estimate of drug-likeness (QED) is 0.785. The van der Waals surface area contributed by atoms with Crippen LogP contribution in [0, 0.1) is 29.1 Å². The second-order valence-electron chi connectivity index (χ2n) is 8.66. The Labute approximate surface area is 134 Å². The van der Waals surface area contributed by atoms with Crippen molar-refractivity contribution in [3.63, 3.8) is 0 Å². The number of rotatable bonds is 1. The summed E-state index contributed by atoms with van der Waals surface area (Å²) >= 11 is 0. The third-order valence-corrected chi connectivity index (χ3v) is 8.15. The second kappa shape index (κ2) is 4.93. The number of hydrogen-bond acceptors (Lipinski definition) is 2. The van der Waals surface area contributed by atoms with Crippen molar-refractivity contribution in [1.29, 1.82) is 0 Å². The molecule has 0 bridgehead atoms. The largest absolute Gasteiger partial charge is 0.390 e. The third kappa shape index (κ3) is 1.85. The molecular formula is C20H30O2. The maximum atomic E-state index is 11.7. The summed E-state index contributed by atoms with van der Waals surface area (Å²) in [4.78, 5) is 11.7. The fraction of sp³-hybridized carbons (Fsp3) is 0.850. The molecule has 0 amide bonds. The molecule has 4 unspecified atom stereocenters. The molecule has 0 aromatic rings. The van der Waals surface area contributed by atoms with Gasteiger partial charge in [-0.15, -0.1) is 0 Å². The molecule has 0 aromatic carbocycles. The van der Waals surface area contributed by atoms with Gasteiger partial charge in [-0.2, -0.15) is 0 Å². The van der Waals surface area contributed by atoms with Gasteiger partial charge in [0, 0.05) is 11.8 Å². The lowest BCUT2D eigenvalue weighted by Crippen LogP contribution is -2.52. The van der Waals surface area contributed by atoms with Gasteiger partial charge < -0.3 is 5.11 Å². The second-order valence-corrected chi connectivity index (χ2v) is 8.66. The summed E-state index contributed by atoms with van der Waals surface area (Å²) in [6, 6.07) is 0. The lowest BCUT2D eigenvalue weighted by Gasteiger charge is -2.56. The van der Waals surface area contributed by atoms with Gasteiger partial charge in [0.1, 0.15) is 0 Å². The summed E-state index contributed by atoms with van der Waals surface area (Å²) in [7, 11) is 0. The lowest BCUT2D eigenvalue weighted by molar-refractivity contribution is -0.123. The first kappa shape index (κ1) is 14.9. The van der Waals surface area contributed by atoms with E-state index in [1.807, 2.05) is 6.08 Å². The van der Waals surface area contributed by atoms with E-state index in [0.29, 0.717) is 17.6 Å². The van der Waals surface area contributed by atoms with Crippen LogP contribution in [0.5, 0.6) is 0 Å². The summed E-state index contributed by atoms with van der Waals surface area (Å²) in [5.41, 5.74) is 1.17. The van der Waals surface area contributed by atoms with Crippen LogP contribution in [0.25, 0.3) is 0 Å². The van der Waals surface area contributed by atoms with E-state index in [9.17, 15) is 9.90 Å². The Hall–Kier alpha value is -0.630. The van der Waals surface area contributed by atoms with E-state index < -0.39 is 5.60 Å². The molecule has 0 heterocycles. The number of hydrogen-bond donors (Lipinski definition) is 1. The van der Waals surface area contributed by atoms with Crippen molar-refractivity contribution in [3.05, 3.63) is 11.6 Å². The van der Waals surface area contributed by atoms with E-state index in [1.54, 1.807) is 0 Å². The summed E-state index contributed by atoms with van der Waals surface area (Å²) < 4.78 is 0. The molecule has 122 valence electrons. The summed E-state index contributed by atoms with van der Waals surface area (Å²) in [6.45, 7) is 4.39. The van der Waals surface area contributed by atoms with Crippen molar-refractivity contribution in [1.82, 2.24) is 0 Å². The van der Waals surface area contributed by atoms with E-state index in [-0.39, 0.29) is 5.41 Å². The zero-order valence-corrected chi connectivity index (χ0v) is 14.1. The molecule has 4 rings (SSSR count). The van der Waals surface area contributed by atoms with Crippen LogP contribution < -0.4 is 0 Å². The average Bonchev–Trinajstić information content (AvgIpc) is 2.78. The molecule has 22 heavy (non-hydrogen) atoms. The maximum Gasteiger partial charge on any atom is 0.155 e. The highest BCUT2D eigenvalue weighted by Gasteiger charge is 2.61. The molecule has 1 N–H and O–H groups in total. The van der Waals surface area contributed by atoms with Crippen LogP contribution in [0.4, 0.5) is 0 Å². The highest BCUT2D eigenvalue weighted by atomic mass is 16.3. The highest BCUT2D eigenvalue weighted by Crippen LogP contribution is 2.66. The van der Waals surface area contributed by atoms with Crippen LogP contribution in [0.2, 0.25) is 0 Å². The van der Waals surface area contributed by atoms with Gasteiger partial charge in [0.25, 0.3) is 0 Å². The Morgan fingerprint density at radius 1 is 1.14 bits per heavy atom. The zero-order valence-electron chi connectivity index (χ0n) is 14.1. The monoisotopic (exact) mass is 302 g/mol. The molecule has 0 radical (unpaired) electrons. The van der Waals surface area contributed by atoms with Crippen molar-refractivity contribution in [2.45, 2.75) is 77.2 Å². The van der Waals surface area contributed by atoms with Crippen molar-refractivity contribution in [3.8, 4) is 0 Å². The van der Waals surface area contributed by atoms with Gasteiger partial charge in [0.05, 0.1) is 5.60 Å². The zero-order chi connectivity index (χ0) is 15.5. The Balaban J connectivity index is 1.66. The molecule has 2 heteroatoms. The van der Waals surface area contributed by atoms with Crippen LogP contribution in [0.15, 0.2) is 11.6 Å². The Morgan fingerprint density at radius 2 is 1.95 bits per heavy atom. The van der Waals surface area contributed by atoms with Crippen molar-refractivity contribution in [2.24, 2.45) is 29.1 Å². The predicted molar refractivity (Wildman–Crippen MR) is 87.3 cm³/mol. The van der Waals surface area contributed by atoms with Crippen molar-refractivity contribution >= 4 is 5.78 Å². The van der Waals surface area contributed by atoms with Crippen LogP contribution in [-0.2, 0) is 4.79 Å². The van der Waals surface area contributed by atoms with Crippen LogP contribution >= 0.6 is 0 Å². The number of carbonyl (C=O) groups excluding carboxylic acids is 1. The number of ketones is 1. The van der Waals surface area contributed by atoms with E-state index in [2.05, 4.69) is 13.8 Å². The maximum absolute atomic E-state index is 11.7. The average molecular weight is 302 g/mol. The van der Waals surface area contributed by atoms with Gasteiger partial charge in [-0.3, -0.25) is 4.79 Å². The Morgan fingerprint density at radius 3 is 2.73 bits per heavy atom. The molecule has 0 spiro atoms. The normalized spacial score (nSPS) is 50.9. The number of fused-ring (bicyclic) bond motifs is 5. The molecule has 2 nitrogen and oxygen atoms in total. The summed E-state index contributed by atoms with van der Waals surface area (Å²) in [6.07, 6.45) is 12.0. The van der Waals surface area contributed by atoms with Crippen molar-refractivity contribution in [2.75, 3.05) is 0 Å². The van der Waals surface area contributed by atoms with Crippen molar-refractivity contribution < 1.29 is 9.90 Å². The van der Waals surface area contributed by atoms with E-state index in [0.717, 1.165) is 43.9 Å². The van der Waals surface area contributed by atoms with E-state index >= 15 is 0 Å². The minimum Gasteiger partial charge on any atom is -0.390 e. The first-order valence-electron chi connectivity index (χ1n) is 9.44. The van der Waals surface area contributed by atoms with Gasteiger partial charge in [-0.25, -0.2) is 0 Å². The topological polar surface area (TPSA) is 37.3 Å². The molecule has 3 saturated carbocycles. The first-order valence-corrected chi connectivity index (χ1v) is 9.44. The molecule has 0 saturated heterocycles. The molecule has 4 aliphatic rings. The lowest BCUT2D eigenvalue weighted by atomic mass is 9.49. The standard InChI is InChI=1S/C20H30O2/c1-3-20-11-8-16-15-7-5-14(21)12-13(15)4-6-17(16)18(20)9-10-19(20,2)22/h12,15-18,22H,3-11H2,1-2H3/t15?,16?,17?,18?,19-,20-/m0/s1. The smallest absolute Gasteiger partial charge is 0.155 e. The van der Waals surface area contributed by atoms with Gasteiger partial charge in [0.2, 0.25) is 0 Å². The minimum atomic E-state index is -0.462. The Kier molecular flexibility index (Phi) is 3.35. The molecule has 4 aliphatic carbocycles. The van der Waals surface area contributed by atoms with E-state index in [4.69, 9.17) is 0 Å². The first-order chi connectivity index (χ1) is 10.5. The molecular weight excluding hydrogens is 272 g/mol. The predicted octanol–water partition coefficient (Wildman–Crippen LogP) is 4.27. The van der Waals surface area contributed by atoms with Gasteiger partial charge >= 0.3 is 0 Å². The highest BCUT2D eigenvalue weighted by molar-refractivity contribution is 5.91. The van der Waals surface area contributed by atoms with E-state index in [1.165, 1.54) is 31.3 Å². The number of carbonyl (C=O) groups is 1. The number of aliphatic hydroxyl groups is 1. The third-order valence-electron chi connectivity index (χ3n) is 8.15. The van der Waals surface area contributed by atoms with Crippen LogP contribution in [-0.4, -0.2) is 16.5 Å². The molecule has 0 aromatic heterocycles. The summed E-state index contributed by atoms with van der Waals surface area (Å²) in [5.74, 6) is 3.32. The summed E-state index contributed by atoms with van der Waals surface area (Å²) in [5, 5.41) is 11.0. The van der Waals surface area contributed by atoms with Crippen LogP contribution in [0.1, 0.15) is 71.6 Å². The number of allylic oxidation sites excluding steroid dienone is 1.